The van der Waals surface area contributed by atoms with Crippen molar-refractivity contribution in [2.24, 2.45) is 0 Å². The maximum Gasteiger partial charge on any atom is 0.414 e. The number of nitrogens with zero attached hydrogens (tertiary/aromatic N) is 2. The number of carbonyl (C=O) groups excluding carboxylic acids is 1. The van der Waals surface area contributed by atoms with Crippen molar-refractivity contribution >= 4 is 17.5 Å². The average molecular weight is 256 g/mol. The first kappa shape index (κ1) is 12.7. The van der Waals surface area contributed by atoms with E-state index in [2.05, 4.69) is 14.8 Å². The van der Waals surface area contributed by atoms with Crippen LogP contribution < -0.4 is 5.48 Å². The molecule has 0 aliphatic rings. The molecule has 0 aliphatic carbocycles. The van der Waals surface area contributed by atoms with Crippen LogP contribution in [0.3, 0.4) is 0 Å². The molecule has 0 bridgehead atoms. The van der Waals surface area contributed by atoms with Gasteiger partial charge in [0.2, 0.25) is 0 Å². The summed E-state index contributed by atoms with van der Waals surface area (Å²) in [5.41, 5.74) is 1.37. The van der Waals surface area contributed by atoms with Crippen LogP contribution in [-0.2, 0) is 4.84 Å². The minimum absolute atomic E-state index is 0.0627. The lowest BCUT2D eigenvalue weighted by Gasteiger charge is -2.07. The molecule has 9 heteroatoms. The summed E-state index contributed by atoms with van der Waals surface area (Å²) in [7, 11) is 0. The quantitative estimate of drug-likeness (QED) is 0.828. The predicted octanol–water partition coefficient (Wildman–Crippen LogP) is 1.35. The predicted molar refractivity (Wildman–Crippen MR) is 46.5 cm³/mol. The lowest BCUT2D eigenvalue weighted by molar-refractivity contribution is -0.184. The Morgan fingerprint density at radius 1 is 1.44 bits per heavy atom. The van der Waals surface area contributed by atoms with Crippen molar-refractivity contribution in [3.63, 3.8) is 0 Å². The van der Waals surface area contributed by atoms with Gasteiger partial charge in [0, 0.05) is 0 Å². The number of alkyl halides is 3. The minimum Gasteiger partial charge on any atom is -0.265 e. The van der Waals surface area contributed by atoms with Gasteiger partial charge in [-0.15, -0.1) is 0 Å². The molecule has 0 atom stereocenters. The third kappa shape index (κ3) is 4.41. The highest BCUT2D eigenvalue weighted by Gasteiger charge is 2.28. The zero-order chi connectivity index (χ0) is 12.2. The van der Waals surface area contributed by atoms with Crippen LogP contribution in [0.25, 0.3) is 0 Å². The molecule has 5 nitrogen and oxygen atoms in total. The first-order chi connectivity index (χ1) is 7.38. The van der Waals surface area contributed by atoms with Crippen LogP contribution in [0.15, 0.2) is 12.4 Å². The Morgan fingerprint density at radius 2 is 2.12 bits per heavy atom. The number of hydroxylamine groups is 1. The molecule has 0 radical (unpaired) electrons. The summed E-state index contributed by atoms with van der Waals surface area (Å²) in [6.45, 7) is -1.58. The van der Waals surface area contributed by atoms with Gasteiger partial charge in [-0.1, -0.05) is 11.6 Å². The smallest absolute Gasteiger partial charge is 0.265 e. The number of amides is 1. The summed E-state index contributed by atoms with van der Waals surface area (Å²) in [4.78, 5) is 22.1. The van der Waals surface area contributed by atoms with E-state index >= 15 is 0 Å². The van der Waals surface area contributed by atoms with Crippen LogP contribution in [0.5, 0.6) is 0 Å². The van der Waals surface area contributed by atoms with E-state index in [0.717, 1.165) is 12.4 Å². The second-order valence-electron chi connectivity index (χ2n) is 2.56. The van der Waals surface area contributed by atoms with Crippen molar-refractivity contribution in [1.29, 1.82) is 0 Å². The van der Waals surface area contributed by atoms with E-state index in [0.29, 0.717) is 0 Å². The fourth-order valence-electron chi connectivity index (χ4n) is 0.665. The normalized spacial score (nSPS) is 11.2. The molecule has 0 saturated heterocycles. The molecule has 0 fully saturated rings. The second kappa shape index (κ2) is 5.08. The van der Waals surface area contributed by atoms with Gasteiger partial charge in [-0.3, -0.25) is 9.63 Å². The maximum absolute atomic E-state index is 11.6. The van der Waals surface area contributed by atoms with E-state index in [1.807, 2.05) is 0 Å². The molecule has 0 aromatic carbocycles. The third-order valence-corrected chi connectivity index (χ3v) is 1.45. The zero-order valence-electron chi connectivity index (χ0n) is 7.58. The van der Waals surface area contributed by atoms with Crippen molar-refractivity contribution in [3.05, 3.63) is 23.2 Å². The molecule has 1 aromatic rings. The Labute approximate surface area is 92.5 Å². The number of aromatic nitrogens is 2. The molecule has 1 aromatic heterocycles. The van der Waals surface area contributed by atoms with Gasteiger partial charge >= 0.3 is 6.18 Å². The highest BCUT2D eigenvalue weighted by molar-refractivity contribution is 6.29. The molecular formula is C7H5ClF3N3O2. The Kier molecular flexibility index (Phi) is 4.02. The summed E-state index contributed by atoms with van der Waals surface area (Å²) in [5.74, 6) is -0.937. The lowest BCUT2D eigenvalue weighted by Crippen LogP contribution is -2.30. The monoisotopic (exact) mass is 255 g/mol. The Bertz CT molecular complexity index is 368. The van der Waals surface area contributed by atoms with Crippen molar-refractivity contribution in [2.75, 3.05) is 6.61 Å². The Hall–Kier alpha value is -1.41. The van der Waals surface area contributed by atoms with E-state index in [4.69, 9.17) is 11.6 Å². The molecule has 0 spiro atoms. The summed E-state index contributed by atoms with van der Waals surface area (Å²) in [6, 6.07) is 0. The molecule has 1 heterocycles. The summed E-state index contributed by atoms with van der Waals surface area (Å²) >= 11 is 5.40. The molecule has 1 N–H and O–H groups in total. The zero-order valence-corrected chi connectivity index (χ0v) is 8.34. The molecule has 16 heavy (non-hydrogen) atoms. The standard InChI is InChI=1S/C7H5ClF3N3O2/c8-5-2-12-4(1-13-5)6(15)14-16-3-7(9,10)11/h1-2H,3H2,(H,14,15). The third-order valence-electron chi connectivity index (χ3n) is 1.25. The molecule has 1 amide bonds. The van der Waals surface area contributed by atoms with Gasteiger partial charge in [0.1, 0.15) is 10.8 Å². The van der Waals surface area contributed by atoms with E-state index in [1.165, 1.54) is 0 Å². The van der Waals surface area contributed by atoms with Crippen LogP contribution in [-0.4, -0.2) is 28.7 Å². The number of nitrogens with one attached hydrogen (secondary N) is 1. The number of hydrogen-bond acceptors (Lipinski definition) is 4. The minimum atomic E-state index is -4.51. The Morgan fingerprint density at radius 3 is 2.62 bits per heavy atom. The number of hydrogen-bond donors (Lipinski definition) is 1. The highest BCUT2D eigenvalue weighted by Crippen LogP contribution is 2.13. The maximum atomic E-state index is 11.6. The van der Waals surface area contributed by atoms with Gasteiger partial charge in [-0.2, -0.15) is 13.2 Å². The summed E-state index contributed by atoms with van der Waals surface area (Å²) in [6.07, 6.45) is -2.42. The van der Waals surface area contributed by atoms with E-state index in [-0.39, 0.29) is 10.8 Å². The van der Waals surface area contributed by atoms with Gasteiger partial charge in [0.15, 0.2) is 6.61 Å². The van der Waals surface area contributed by atoms with Gasteiger partial charge in [0.05, 0.1) is 12.4 Å². The number of carbonyl (C=O) groups is 1. The van der Waals surface area contributed by atoms with Crippen molar-refractivity contribution < 1.29 is 22.8 Å². The molecule has 88 valence electrons. The van der Waals surface area contributed by atoms with E-state index in [9.17, 15) is 18.0 Å². The molecule has 0 aliphatic heterocycles. The highest BCUT2D eigenvalue weighted by atomic mass is 35.5. The topological polar surface area (TPSA) is 64.1 Å². The van der Waals surface area contributed by atoms with Crippen LogP contribution >= 0.6 is 11.6 Å². The molecule has 0 saturated carbocycles. The van der Waals surface area contributed by atoms with Crippen molar-refractivity contribution in [2.45, 2.75) is 6.18 Å². The summed E-state index contributed by atoms with van der Waals surface area (Å²) < 4.78 is 34.9. The number of rotatable bonds is 3. The largest absolute Gasteiger partial charge is 0.414 e. The van der Waals surface area contributed by atoms with Crippen molar-refractivity contribution in [3.8, 4) is 0 Å². The van der Waals surface area contributed by atoms with E-state index < -0.39 is 18.7 Å². The summed E-state index contributed by atoms with van der Waals surface area (Å²) in [5, 5.41) is 0.0627. The van der Waals surface area contributed by atoms with Crippen LogP contribution in [0.4, 0.5) is 13.2 Å². The Balaban J connectivity index is 2.44. The molecule has 0 unspecified atom stereocenters. The van der Waals surface area contributed by atoms with Crippen LogP contribution in [0, 0.1) is 0 Å². The lowest BCUT2D eigenvalue weighted by atomic mass is 10.4. The fraction of sp³-hybridized carbons (Fsp3) is 0.286. The first-order valence-corrected chi connectivity index (χ1v) is 4.23. The van der Waals surface area contributed by atoms with Gasteiger partial charge < -0.3 is 0 Å². The molecular weight excluding hydrogens is 251 g/mol. The van der Waals surface area contributed by atoms with Gasteiger partial charge in [-0.05, 0) is 0 Å². The average Bonchev–Trinajstić information content (AvgIpc) is 2.16. The van der Waals surface area contributed by atoms with Crippen LogP contribution in [0.2, 0.25) is 5.15 Å². The SMILES string of the molecule is O=C(NOCC(F)(F)F)c1cnc(Cl)cn1. The second-order valence-corrected chi connectivity index (χ2v) is 2.95. The van der Waals surface area contributed by atoms with E-state index in [1.54, 1.807) is 5.48 Å². The number of halogens is 4. The van der Waals surface area contributed by atoms with Crippen LogP contribution in [0.1, 0.15) is 10.5 Å². The fourth-order valence-corrected chi connectivity index (χ4v) is 0.763. The van der Waals surface area contributed by atoms with Crippen molar-refractivity contribution in [1.82, 2.24) is 15.4 Å². The van der Waals surface area contributed by atoms with Gasteiger partial charge in [0.25, 0.3) is 5.91 Å². The molecule has 1 rings (SSSR count). The first-order valence-electron chi connectivity index (χ1n) is 3.85. The van der Waals surface area contributed by atoms with Gasteiger partial charge in [-0.25, -0.2) is 15.4 Å².